The average Bonchev–Trinajstić information content (AvgIpc) is 3.11. The number of hydrogen-bond donors (Lipinski definition) is 1. The van der Waals surface area contributed by atoms with E-state index in [2.05, 4.69) is 4.98 Å². The second-order valence-corrected chi connectivity index (χ2v) is 8.40. The number of halogens is 2. The Kier molecular flexibility index (Phi) is 6.75. The van der Waals surface area contributed by atoms with Gasteiger partial charge in [-0.25, -0.2) is 9.18 Å². The van der Waals surface area contributed by atoms with Crippen molar-refractivity contribution in [2.75, 3.05) is 7.11 Å². The zero-order chi connectivity index (χ0) is 25.3. The SMILES string of the molecule is COc1ccc2c(C(=O)c3ccc(Cl)cc3)c(C)n(Cc3cc(O[C@@H](C)C(=O)O)ccc3F)c2n1. The molecule has 180 valence electrons. The van der Waals surface area contributed by atoms with Gasteiger partial charge in [-0.3, -0.25) is 4.79 Å². The van der Waals surface area contributed by atoms with E-state index < -0.39 is 17.9 Å². The molecule has 1 atom stereocenters. The number of ether oxygens (including phenoxy) is 2. The van der Waals surface area contributed by atoms with Crippen LogP contribution in [0.3, 0.4) is 0 Å². The second-order valence-electron chi connectivity index (χ2n) is 7.96. The van der Waals surface area contributed by atoms with E-state index in [0.29, 0.717) is 38.8 Å². The summed E-state index contributed by atoms with van der Waals surface area (Å²) in [7, 11) is 1.48. The van der Waals surface area contributed by atoms with Gasteiger partial charge in [0.15, 0.2) is 11.9 Å². The molecule has 2 heterocycles. The number of benzene rings is 2. The highest BCUT2D eigenvalue weighted by atomic mass is 35.5. The van der Waals surface area contributed by atoms with Crippen molar-refractivity contribution in [2.45, 2.75) is 26.5 Å². The van der Waals surface area contributed by atoms with Crippen LogP contribution in [0.1, 0.15) is 34.1 Å². The first-order chi connectivity index (χ1) is 16.7. The molecule has 0 aliphatic rings. The van der Waals surface area contributed by atoms with Gasteiger partial charge in [-0.15, -0.1) is 0 Å². The number of ketones is 1. The van der Waals surface area contributed by atoms with E-state index in [9.17, 15) is 14.0 Å². The average molecular weight is 497 g/mol. The van der Waals surface area contributed by atoms with Crippen molar-refractivity contribution < 1.29 is 28.6 Å². The standard InChI is InChI=1S/C26H22ClFN2O5/c1-14-23(24(31)16-4-6-18(27)7-5-16)20-9-11-22(34-3)29-25(20)30(14)13-17-12-19(8-10-21(17)28)35-15(2)26(32)33/h4-12,15H,13H2,1-3H3,(H,32,33)/t15-/m0/s1. The molecule has 9 heteroatoms. The van der Waals surface area contributed by atoms with E-state index in [1.165, 1.54) is 32.2 Å². The molecule has 0 unspecified atom stereocenters. The van der Waals surface area contributed by atoms with Gasteiger partial charge < -0.3 is 19.1 Å². The summed E-state index contributed by atoms with van der Waals surface area (Å²) in [5.41, 5.74) is 2.17. The van der Waals surface area contributed by atoms with Crippen molar-refractivity contribution in [1.82, 2.24) is 9.55 Å². The highest BCUT2D eigenvalue weighted by molar-refractivity contribution is 6.30. The van der Waals surface area contributed by atoms with Crippen LogP contribution in [0, 0.1) is 12.7 Å². The molecule has 0 saturated carbocycles. The fraction of sp³-hybridized carbons (Fsp3) is 0.192. The molecule has 0 saturated heterocycles. The van der Waals surface area contributed by atoms with Gasteiger partial charge in [0, 0.05) is 33.3 Å². The minimum Gasteiger partial charge on any atom is -0.481 e. The zero-order valence-electron chi connectivity index (χ0n) is 19.2. The quantitative estimate of drug-likeness (QED) is 0.334. The summed E-state index contributed by atoms with van der Waals surface area (Å²) >= 11 is 5.98. The van der Waals surface area contributed by atoms with Gasteiger partial charge >= 0.3 is 5.97 Å². The fourth-order valence-electron chi connectivity index (χ4n) is 3.83. The number of carbonyl (C=O) groups excluding carboxylic acids is 1. The predicted molar refractivity (Wildman–Crippen MR) is 129 cm³/mol. The molecule has 0 fully saturated rings. The Hall–Kier alpha value is -3.91. The highest BCUT2D eigenvalue weighted by Crippen LogP contribution is 2.31. The van der Waals surface area contributed by atoms with E-state index in [0.717, 1.165) is 0 Å². The number of rotatable bonds is 8. The maximum absolute atomic E-state index is 14.8. The van der Waals surface area contributed by atoms with Crippen LogP contribution < -0.4 is 9.47 Å². The number of aromatic nitrogens is 2. The summed E-state index contributed by atoms with van der Waals surface area (Å²) in [5.74, 6) is -1.30. The number of fused-ring (bicyclic) bond motifs is 1. The summed E-state index contributed by atoms with van der Waals surface area (Å²) < 4.78 is 27.2. The number of carbonyl (C=O) groups is 2. The van der Waals surface area contributed by atoms with E-state index in [1.54, 1.807) is 47.9 Å². The number of hydrogen-bond acceptors (Lipinski definition) is 5. The van der Waals surface area contributed by atoms with Crippen molar-refractivity contribution in [1.29, 1.82) is 0 Å². The fourth-order valence-corrected chi connectivity index (χ4v) is 3.96. The molecule has 0 spiro atoms. The normalized spacial score (nSPS) is 11.9. The van der Waals surface area contributed by atoms with Crippen molar-refractivity contribution >= 4 is 34.4 Å². The summed E-state index contributed by atoms with van der Waals surface area (Å²) in [6.45, 7) is 3.18. The highest BCUT2D eigenvalue weighted by Gasteiger charge is 2.23. The van der Waals surface area contributed by atoms with E-state index in [1.807, 2.05) is 0 Å². The minimum absolute atomic E-state index is 0.0287. The second kappa shape index (κ2) is 9.76. The van der Waals surface area contributed by atoms with Crippen LogP contribution in [-0.2, 0) is 11.3 Å². The Morgan fingerprint density at radius 3 is 2.51 bits per heavy atom. The van der Waals surface area contributed by atoms with Gasteiger partial charge in [0.05, 0.1) is 19.2 Å². The number of pyridine rings is 1. The monoisotopic (exact) mass is 496 g/mol. The number of carboxylic acids is 1. The minimum atomic E-state index is -1.13. The molecule has 7 nitrogen and oxygen atoms in total. The van der Waals surface area contributed by atoms with Crippen molar-refractivity contribution in [3.05, 3.63) is 87.8 Å². The van der Waals surface area contributed by atoms with Crippen LogP contribution in [0.15, 0.2) is 54.6 Å². The van der Waals surface area contributed by atoms with Gasteiger partial charge in [0.1, 0.15) is 17.2 Å². The molecule has 0 amide bonds. The molecule has 2 aromatic carbocycles. The van der Waals surface area contributed by atoms with Crippen molar-refractivity contribution in [3.63, 3.8) is 0 Å². The Bertz CT molecular complexity index is 1430. The Labute approximate surface area is 205 Å². The maximum Gasteiger partial charge on any atom is 0.344 e. The summed E-state index contributed by atoms with van der Waals surface area (Å²) in [6.07, 6.45) is -1.10. The predicted octanol–water partition coefficient (Wildman–Crippen LogP) is 5.28. The molecule has 0 aliphatic heterocycles. The lowest BCUT2D eigenvalue weighted by atomic mass is 10.0. The van der Waals surface area contributed by atoms with E-state index >= 15 is 0 Å². The molecule has 4 aromatic rings. The summed E-state index contributed by atoms with van der Waals surface area (Å²) in [4.78, 5) is 29.1. The van der Waals surface area contributed by atoms with Crippen molar-refractivity contribution in [3.8, 4) is 11.6 Å². The number of methoxy groups -OCH3 is 1. The van der Waals surface area contributed by atoms with Gasteiger partial charge in [0.25, 0.3) is 0 Å². The summed E-state index contributed by atoms with van der Waals surface area (Å²) in [6, 6.07) is 14.0. The molecule has 1 N–H and O–H groups in total. The Morgan fingerprint density at radius 1 is 1.14 bits per heavy atom. The van der Waals surface area contributed by atoms with E-state index in [-0.39, 0.29) is 23.6 Å². The van der Waals surface area contributed by atoms with Crippen LogP contribution in [0.5, 0.6) is 11.6 Å². The molecule has 2 aromatic heterocycles. The topological polar surface area (TPSA) is 90.7 Å². The first kappa shape index (κ1) is 24.2. The smallest absolute Gasteiger partial charge is 0.344 e. The lowest BCUT2D eigenvalue weighted by Crippen LogP contribution is -2.23. The third kappa shape index (κ3) is 4.83. The molecule has 0 bridgehead atoms. The molecule has 0 aliphatic carbocycles. The number of carboxylic acid groups (broad SMARTS) is 1. The van der Waals surface area contributed by atoms with Crippen LogP contribution in [0.25, 0.3) is 11.0 Å². The number of aliphatic carboxylic acids is 1. The van der Waals surface area contributed by atoms with Gasteiger partial charge in [-0.2, -0.15) is 4.98 Å². The van der Waals surface area contributed by atoms with Crippen LogP contribution in [0.2, 0.25) is 5.02 Å². The van der Waals surface area contributed by atoms with Crippen molar-refractivity contribution in [2.24, 2.45) is 0 Å². The van der Waals surface area contributed by atoms with Gasteiger partial charge in [-0.05, 0) is 62.4 Å². The maximum atomic E-state index is 14.8. The van der Waals surface area contributed by atoms with Crippen LogP contribution in [-0.4, -0.2) is 39.6 Å². The van der Waals surface area contributed by atoms with Crippen LogP contribution in [0.4, 0.5) is 4.39 Å². The van der Waals surface area contributed by atoms with Gasteiger partial charge in [0.2, 0.25) is 5.88 Å². The molecular formula is C26H22ClFN2O5. The lowest BCUT2D eigenvalue weighted by Gasteiger charge is -2.14. The molecule has 4 rings (SSSR count). The third-order valence-corrected chi connectivity index (χ3v) is 5.94. The first-order valence-corrected chi connectivity index (χ1v) is 11.1. The van der Waals surface area contributed by atoms with Crippen LogP contribution >= 0.6 is 11.6 Å². The Morgan fingerprint density at radius 2 is 1.86 bits per heavy atom. The largest absolute Gasteiger partial charge is 0.481 e. The molecular weight excluding hydrogens is 475 g/mol. The molecule has 0 radical (unpaired) electrons. The lowest BCUT2D eigenvalue weighted by molar-refractivity contribution is -0.144. The zero-order valence-corrected chi connectivity index (χ0v) is 20.0. The van der Waals surface area contributed by atoms with Gasteiger partial charge in [-0.1, -0.05) is 11.6 Å². The van der Waals surface area contributed by atoms with E-state index in [4.69, 9.17) is 26.2 Å². The molecule has 35 heavy (non-hydrogen) atoms. The number of nitrogens with zero attached hydrogens (tertiary/aromatic N) is 2. The third-order valence-electron chi connectivity index (χ3n) is 5.69. The Balaban J connectivity index is 1.82. The summed E-state index contributed by atoms with van der Waals surface area (Å²) in [5, 5.41) is 10.2. The first-order valence-electron chi connectivity index (χ1n) is 10.7.